The van der Waals surface area contributed by atoms with Gasteiger partial charge in [0.25, 0.3) is 0 Å². The number of carbonyl (C=O) groups excluding carboxylic acids is 1. The fourth-order valence-electron chi connectivity index (χ4n) is 2.44. The lowest BCUT2D eigenvalue weighted by molar-refractivity contribution is 0.218. The molecule has 1 aromatic rings. The third-order valence-corrected chi connectivity index (χ3v) is 5.08. The summed E-state index contributed by atoms with van der Waals surface area (Å²) in [4.78, 5) is 13.7. The lowest BCUT2D eigenvalue weighted by atomic mass is 10.1. The van der Waals surface area contributed by atoms with Gasteiger partial charge in [-0.3, -0.25) is 0 Å². The number of urea groups is 1. The first kappa shape index (κ1) is 30.0. The van der Waals surface area contributed by atoms with Gasteiger partial charge in [-0.15, -0.1) is 0 Å². The van der Waals surface area contributed by atoms with Gasteiger partial charge in [0.2, 0.25) is 0 Å². The van der Waals surface area contributed by atoms with Crippen LogP contribution in [0.25, 0.3) is 0 Å². The minimum Gasteiger partial charge on any atom is -0.323 e. The third-order valence-electron chi connectivity index (χ3n) is 3.83. The van der Waals surface area contributed by atoms with Crippen molar-refractivity contribution in [2.45, 2.75) is 60.9 Å². The zero-order chi connectivity index (χ0) is 23.5. The maximum absolute atomic E-state index is 11.6. The Hall–Kier alpha value is -2.18. The van der Waals surface area contributed by atoms with Crippen molar-refractivity contribution in [3.05, 3.63) is 65.1 Å². The van der Waals surface area contributed by atoms with E-state index in [0.717, 1.165) is 23.4 Å². The van der Waals surface area contributed by atoms with Gasteiger partial charge in [-0.25, -0.2) is 13.7 Å². The van der Waals surface area contributed by atoms with Crippen LogP contribution >= 0.6 is 0 Å². The number of carbonyl (C=O) groups is 1. The highest BCUT2D eigenvalue weighted by molar-refractivity contribution is 7.87. The van der Waals surface area contributed by atoms with Crippen LogP contribution in [0.2, 0.25) is 0 Å². The molecule has 2 amide bonds. The van der Waals surface area contributed by atoms with Crippen molar-refractivity contribution in [2.24, 2.45) is 0 Å². The molecule has 30 heavy (non-hydrogen) atoms. The fraction of sp³-hybridized carbons (Fsp3) is 0.458. The average Bonchev–Trinajstić information content (AvgIpc) is 2.78. The Balaban J connectivity index is 0. The minimum absolute atomic E-state index is 0.0336. The fourth-order valence-corrected chi connectivity index (χ4v) is 3.28. The van der Waals surface area contributed by atoms with E-state index in [1.54, 1.807) is 25.1 Å². The number of hydrogen-bond donors (Lipinski definition) is 2. The van der Waals surface area contributed by atoms with Gasteiger partial charge in [-0.2, -0.15) is 0 Å². The van der Waals surface area contributed by atoms with Crippen LogP contribution in [0.4, 0.5) is 10.5 Å². The lowest BCUT2D eigenvalue weighted by Gasteiger charge is -2.25. The molecule has 6 heteroatoms. The molecule has 1 aromatic carbocycles. The van der Waals surface area contributed by atoms with E-state index in [4.69, 9.17) is 0 Å². The van der Waals surface area contributed by atoms with Crippen LogP contribution in [0.5, 0.6) is 0 Å². The number of allylic oxidation sites excluding steroid dienone is 4. The van der Waals surface area contributed by atoms with Crippen molar-refractivity contribution in [1.29, 1.82) is 0 Å². The predicted octanol–water partition coefficient (Wildman–Crippen LogP) is 6.40. The van der Waals surface area contributed by atoms with Crippen molar-refractivity contribution in [1.82, 2.24) is 9.62 Å². The molecular formula is C24H41N3O2S. The molecule has 0 fully saturated rings. The van der Waals surface area contributed by atoms with E-state index in [1.165, 1.54) is 11.1 Å². The van der Waals surface area contributed by atoms with Gasteiger partial charge in [0.15, 0.2) is 0 Å². The molecule has 170 valence electrons. The lowest BCUT2D eigenvalue weighted by Crippen LogP contribution is -2.35. The van der Waals surface area contributed by atoms with Crippen molar-refractivity contribution < 1.29 is 9.00 Å². The molecule has 0 radical (unpaired) electrons. The Morgan fingerprint density at radius 2 is 1.87 bits per heavy atom. The summed E-state index contributed by atoms with van der Waals surface area (Å²) in [6.07, 6.45) is 7.39. The summed E-state index contributed by atoms with van der Waals surface area (Å²) < 4.78 is 14.3. The van der Waals surface area contributed by atoms with Crippen LogP contribution in [0.3, 0.4) is 0 Å². The Labute approximate surface area is 186 Å². The number of anilines is 1. The molecule has 0 aromatic heterocycles. The van der Waals surface area contributed by atoms with Crippen LogP contribution < -0.4 is 10.0 Å². The molecule has 0 spiro atoms. The van der Waals surface area contributed by atoms with Gasteiger partial charge in [0.1, 0.15) is 11.0 Å². The second-order valence-electron chi connectivity index (χ2n) is 5.91. The summed E-state index contributed by atoms with van der Waals surface area (Å²) >= 11 is 0. The summed E-state index contributed by atoms with van der Waals surface area (Å²) in [7, 11) is 2.37. The van der Waals surface area contributed by atoms with Gasteiger partial charge < -0.3 is 10.2 Å². The third kappa shape index (κ3) is 11.1. The van der Waals surface area contributed by atoms with E-state index in [9.17, 15) is 9.00 Å². The first-order valence-electron chi connectivity index (χ1n) is 10.6. The number of benzene rings is 1. The summed E-state index contributed by atoms with van der Waals surface area (Å²) in [6.45, 7) is 16.4. The Bertz CT molecular complexity index is 712. The second kappa shape index (κ2) is 18.8. The molecular weight excluding hydrogens is 394 g/mol. The van der Waals surface area contributed by atoms with E-state index in [0.29, 0.717) is 6.54 Å². The molecule has 1 atom stereocenters. The van der Waals surface area contributed by atoms with Crippen molar-refractivity contribution >= 4 is 22.7 Å². The maximum atomic E-state index is 11.6. The first-order chi connectivity index (χ1) is 14.4. The van der Waals surface area contributed by atoms with Gasteiger partial charge in [-0.05, 0) is 38.1 Å². The van der Waals surface area contributed by atoms with E-state index in [2.05, 4.69) is 23.5 Å². The minimum atomic E-state index is -1.10. The number of nitrogens with zero attached hydrogens (tertiary/aromatic N) is 1. The molecule has 0 aliphatic carbocycles. The summed E-state index contributed by atoms with van der Waals surface area (Å²) in [6, 6.07) is 7.80. The average molecular weight is 436 g/mol. The van der Waals surface area contributed by atoms with Crippen LogP contribution in [-0.4, -0.2) is 29.2 Å². The zero-order valence-corrected chi connectivity index (χ0v) is 20.9. The highest BCUT2D eigenvalue weighted by atomic mass is 32.2. The van der Waals surface area contributed by atoms with Gasteiger partial charge in [-0.1, -0.05) is 83.5 Å². The summed E-state index contributed by atoms with van der Waals surface area (Å²) in [5.74, 6) is 0. The number of para-hydroxylation sites is 1. The second-order valence-corrected chi connectivity index (χ2v) is 7.29. The smallest absolute Gasteiger partial charge is 0.321 e. The molecule has 0 saturated carbocycles. The highest BCUT2D eigenvalue weighted by Crippen LogP contribution is 2.21. The quantitative estimate of drug-likeness (QED) is 0.508. The highest BCUT2D eigenvalue weighted by Gasteiger charge is 2.17. The monoisotopic (exact) mass is 435 g/mol. The Morgan fingerprint density at radius 1 is 1.27 bits per heavy atom. The van der Waals surface area contributed by atoms with Gasteiger partial charge in [0.05, 0.1) is 4.91 Å². The zero-order valence-electron chi connectivity index (χ0n) is 20.0. The molecule has 5 nitrogen and oxygen atoms in total. The topological polar surface area (TPSA) is 61.4 Å². The molecule has 0 saturated heterocycles. The predicted molar refractivity (Wildman–Crippen MR) is 134 cm³/mol. The van der Waals surface area contributed by atoms with Gasteiger partial charge >= 0.3 is 6.03 Å². The standard InChI is InChI=1S/C11H19NOS.C9H10N2O.2C2H6/c1-5-7-9-11(14(13)12-4)10(3)8-6-2;1-11-6-7-4-2-3-5-8(7)10-9(11)12;2*1-2/h5,7,9,12H,1,6,8H2,2-4H3;2-5H,6H2,1H3,(H,10,12);2*1-2H3/b9-7-,11-10-;;;. The molecule has 1 aliphatic rings. The van der Waals surface area contributed by atoms with Crippen molar-refractivity contribution in [2.75, 3.05) is 19.4 Å². The molecule has 1 heterocycles. The van der Waals surface area contributed by atoms with E-state index < -0.39 is 11.0 Å². The number of amides is 2. The largest absolute Gasteiger partial charge is 0.323 e. The molecule has 1 unspecified atom stereocenters. The number of hydrogen-bond acceptors (Lipinski definition) is 2. The molecule has 1 aliphatic heterocycles. The normalized spacial score (nSPS) is 13.7. The van der Waals surface area contributed by atoms with Crippen molar-refractivity contribution in [3.63, 3.8) is 0 Å². The SMILES string of the molecule is C=C/C=C\C(=C(/C)CCC)S(=O)NC.CC.CC.CN1Cc2ccccc2NC1=O. The number of nitrogens with one attached hydrogen (secondary N) is 2. The summed E-state index contributed by atoms with van der Waals surface area (Å²) in [5.41, 5.74) is 3.26. The van der Waals surface area contributed by atoms with Crippen LogP contribution in [-0.2, 0) is 17.5 Å². The van der Waals surface area contributed by atoms with E-state index in [-0.39, 0.29) is 6.03 Å². The molecule has 2 rings (SSSR count). The summed E-state index contributed by atoms with van der Waals surface area (Å²) in [5, 5.41) is 2.80. The van der Waals surface area contributed by atoms with Crippen LogP contribution in [0.1, 0.15) is 59.9 Å². The van der Waals surface area contributed by atoms with E-state index in [1.807, 2.05) is 71.0 Å². The number of fused-ring (bicyclic) bond motifs is 1. The Kier molecular flexibility index (Phi) is 18.8. The van der Waals surface area contributed by atoms with E-state index >= 15 is 0 Å². The maximum Gasteiger partial charge on any atom is 0.321 e. The first-order valence-corrected chi connectivity index (χ1v) is 11.8. The number of rotatable bonds is 6. The van der Waals surface area contributed by atoms with Crippen LogP contribution in [0.15, 0.2) is 59.6 Å². The Morgan fingerprint density at radius 3 is 2.40 bits per heavy atom. The molecule has 2 N–H and O–H groups in total. The molecule has 0 bridgehead atoms. The van der Waals surface area contributed by atoms with Crippen molar-refractivity contribution in [3.8, 4) is 0 Å². The van der Waals surface area contributed by atoms with Gasteiger partial charge in [0, 0.05) is 19.3 Å². The van der Waals surface area contributed by atoms with Crippen LogP contribution in [0, 0.1) is 0 Å².